The second-order valence-electron chi connectivity index (χ2n) is 11.7. The first-order chi connectivity index (χ1) is 22.3. The average molecular weight is 653 g/mol. The number of allylic oxidation sites excluding steroid dienone is 7. The van der Waals surface area contributed by atoms with E-state index >= 15 is 0 Å². The Kier molecular flexibility index (Phi) is 25.1. The summed E-state index contributed by atoms with van der Waals surface area (Å²) in [5.74, 6) is -0.856. The van der Waals surface area contributed by atoms with Gasteiger partial charge in [0.2, 0.25) is 0 Å². The van der Waals surface area contributed by atoms with Crippen LogP contribution in [0.3, 0.4) is 0 Å². The molecule has 1 heterocycles. The lowest BCUT2D eigenvalue weighted by molar-refractivity contribution is -0.305. The van der Waals surface area contributed by atoms with Crippen LogP contribution in [-0.2, 0) is 28.5 Å². The highest BCUT2D eigenvalue weighted by molar-refractivity contribution is 5.70. The molecular formula is C36H60O10. The quantitative estimate of drug-likeness (QED) is 0.0518. The largest absolute Gasteiger partial charge is 0.462 e. The van der Waals surface area contributed by atoms with Gasteiger partial charge in [0.15, 0.2) is 12.4 Å². The van der Waals surface area contributed by atoms with E-state index in [4.69, 9.17) is 18.9 Å². The second-order valence-corrected chi connectivity index (χ2v) is 11.7. The number of ether oxygens (including phenoxy) is 4. The molecule has 264 valence electrons. The van der Waals surface area contributed by atoms with Crippen molar-refractivity contribution in [3.05, 3.63) is 49.1 Å². The highest BCUT2D eigenvalue weighted by Gasteiger charge is 2.44. The fraction of sp³-hybridized carbons (Fsp3) is 0.722. The summed E-state index contributed by atoms with van der Waals surface area (Å²) in [6, 6.07) is 0. The molecule has 0 aromatic rings. The van der Waals surface area contributed by atoms with Crippen molar-refractivity contribution in [1.82, 2.24) is 0 Å². The zero-order valence-corrected chi connectivity index (χ0v) is 27.9. The van der Waals surface area contributed by atoms with Crippen molar-refractivity contribution in [3.63, 3.8) is 0 Å². The Balaban J connectivity index is 2.45. The van der Waals surface area contributed by atoms with Gasteiger partial charge in [0.1, 0.15) is 31.0 Å². The third kappa shape index (κ3) is 20.0. The first kappa shape index (κ1) is 41.7. The molecule has 1 aliphatic heterocycles. The van der Waals surface area contributed by atoms with Crippen molar-refractivity contribution in [1.29, 1.82) is 0 Å². The van der Waals surface area contributed by atoms with Gasteiger partial charge in [-0.05, 0) is 58.3 Å². The van der Waals surface area contributed by atoms with Crippen molar-refractivity contribution >= 4 is 11.9 Å². The summed E-state index contributed by atoms with van der Waals surface area (Å²) in [7, 11) is 0. The van der Waals surface area contributed by atoms with Crippen LogP contribution in [-0.4, -0.2) is 89.0 Å². The number of unbranched alkanes of at least 4 members (excludes halogenated alkanes) is 10. The molecule has 1 rings (SSSR count). The van der Waals surface area contributed by atoms with Crippen molar-refractivity contribution in [3.8, 4) is 0 Å². The number of carbonyl (C=O) groups excluding carboxylic acids is 2. The number of aliphatic hydroxyl groups excluding tert-OH is 4. The lowest BCUT2D eigenvalue weighted by atomic mass is 9.99. The molecule has 0 amide bonds. The Morgan fingerprint density at radius 1 is 0.739 bits per heavy atom. The molecule has 46 heavy (non-hydrogen) atoms. The molecular weight excluding hydrogens is 592 g/mol. The Bertz CT molecular complexity index is 884. The van der Waals surface area contributed by atoms with Crippen LogP contribution < -0.4 is 0 Å². The number of esters is 2. The third-order valence-electron chi connectivity index (χ3n) is 7.67. The summed E-state index contributed by atoms with van der Waals surface area (Å²) >= 11 is 0. The molecule has 10 heteroatoms. The lowest BCUT2D eigenvalue weighted by Crippen LogP contribution is -2.59. The van der Waals surface area contributed by atoms with E-state index in [0.717, 1.165) is 77.0 Å². The van der Waals surface area contributed by atoms with E-state index in [2.05, 4.69) is 37.0 Å². The van der Waals surface area contributed by atoms with Crippen LogP contribution >= 0.6 is 0 Å². The minimum Gasteiger partial charge on any atom is -0.462 e. The van der Waals surface area contributed by atoms with E-state index in [1.165, 1.54) is 0 Å². The SMILES string of the molecule is C=CC/C=C\C/C=C\CCCCCCCC(=O)O[C@H](COC(=O)CCCCCCC/C=C/C)CO[C@@H]1O[C@H](CO)[C@H](O)[C@H](O)[C@H]1O. The normalized spacial score (nSPS) is 22.5. The molecule has 0 bridgehead atoms. The van der Waals surface area contributed by atoms with E-state index in [0.29, 0.717) is 12.8 Å². The molecule has 1 saturated heterocycles. The molecule has 0 aromatic carbocycles. The summed E-state index contributed by atoms with van der Waals surface area (Å²) in [6.07, 6.45) is 20.5. The number of rotatable bonds is 27. The molecule has 0 aliphatic carbocycles. The lowest BCUT2D eigenvalue weighted by Gasteiger charge is -2.39. The number of hydrogen-bond acceptors (Lipinski definition) is 10. The molecule has 1 fully saturated rings. The van der Waals surface area contributed by atoms with Gasteiger partial charge in [-0.3, -0.25) is 9.59 Å². The third-order valence-corrected chi connectivity index (χ3v) is 7.67. The van der Waals surface area contributed by atoms with Gasteiger partial charge in [0.05, 0.1) is 13.2 Å². The Labute approximate surface area is 276 Å². The van der Waals surface area contributed by atoms with Crippen LogP contribution in [0.4, 0.5) is 0 Å². The van der Waals surface area contributed by atoms with Crippen molar-refractivity contribution in [2.75, 3.05) is 19.8 Å². The van der Waals surface area contributed by atoms with E-state index in [-0.39, 0.29) is 26.1 Å². The maximum absolute atomic E-state index is 12.6. The maximum Gasteiger partial charge on any atom is 0.306 e. The van der Waals surface area contributed by atoms with Gasteiger partial charge in [0, 0.05) is 12.8 Å². The zero-order valence-electron chi connectivity index (χ0n) is 27.9. The Hall–Kier alpha value is -2.34. The predicted molar refractivity (Wildman–Crippen MR) is 178 cm³/mol. The topological polar surface area (TPSA) is 152 Å². The summed E-state index contributed by atoms with van der Waals surface area (Å²) in [5.41, 5.74) is 0. The van der Waals surface area contributed by atoms with Crippen molar-refractivity contribution < 1.29 is 49.0 Å². The Morgan fingerprint density at radius 3 is 1.98 bits per heavy atom. The van der Waals surface area contributed by atoms with Crippen LogP contribution in [0.5, 0.6) is 0 Å². The first-order valence-electron chi connectivity index (χ1n) is 17.1. The summed E-state index contributed by atoms with van der Waals surface area (Å²) < 4.78 is 21.9. The van der Waals surface area contributed by atoms with Gasteiger partial charge in [-0.25, -0.2) is 0 Å². The maximum atomic E-state index is 12.6. The molecule has 6 atom stereocenters. The summed E-state index contributed by atoms with van der Waals surface area (Å²) in [5, 5.41) is 39.7. The minimum atomic E-state index is -1.60. The van der Waals surface area contributed by atoms with Crippen LogP contribution in [0.1, 0.15) is 110 Å². The van der Waals surface area contributed by atoms with Gasteiger partial charge in [-0.2, -0.15) is 0 Å². The molecule has 4 N–H and O–H groups in total. The first-order valence-corrected chi connectivity index (χ1v) is 17.1. The van der Waals surface area contributed by atoms with E-state index < -0.39 is 55.4 Å². The van der Waals surface area contributed by atoms with E-state index in [9.17, 15) is 30.0 Å². The average Bonchev–Trinajstić information content (AvgIpc) is 3.05. The van der Waals surface area contributed by atoms with Gasteiger partial charge >= 0.3 is 11.9 Å². The van der Waals surface area contributed by atoms with Gasteiger partial charge < -0.3 is 39.4 Å². The standard InChI is InChI=1S/C36H60O10/c1-3-5-7-9-11-13-14-15-16-17-19-21-23-25-32(39)45-29(27-43-31(38)24-22-20-18-12-10-8-6-4-2)28-44-36-35(42)34(41)33(40)30(26-37)46-36/h3-4,6-7,9,13-14,29-30,33-37,40-42H,1,5,8,10-12,15-28H2,2H3/b6-4+,9-7-,14-13-/t29-,30-,33+,34+,35-,36-/m1/s1. The molecule has 0 unspecified atom stereocenters. The Morgan fingerprint density at radius 2 is 1.33 bits per heavy atom. The monoisotopic (exact) mass is 652 g/mol. The highest BCUT2D eigenvalue weighted by atomic mass is 16.7. The second kappa shape index (κ2) is 27.7. The fourth-order valence-corrected chi connectivity index (χ4v) is 4.90. The minimum absolute atomic E-state index is 0.204. The van der Waals surface area contributed by atoms with Crippen LogP contribution in [0.25, 0.3) is 0 Å². The molecule has 0 aromatic heterocycles. The molecule has 1 aliphatic rings. The van der Waals surface area contributed by atoms with Gasteiger partial charge in [0.25, 0.3) is 0 Å². The van der Waals surface area contributed by atoms with E-state index in [1.54, 1.807) is 0 Å². The van der Waals surface area contributed by atoms with Crippen molar-refractivity contribution in [2.45, 2.75) is 146 Å². The molecule has 10 nitrogen and oxygen atoms in total. The molecule has 0 spiro atoms. The van der Waals surface area contributed by atoms with E-state index in [1.807, 2.05) is 19.1 Å². The number of aliphatic hydroxyl groups is 4. The fourth-order valence-electron chi connectivity index (χ4n) is 4.90. The summed E-state index contributed by atoms with van der Waals surface area (Å²) in [6.45, 7) is 4.58. The smallest absolute Gasteiger partial charge is 0.306 e. The predicted octanol–water partition coefficient (Wildman–Crippen LogP) is 5.37. The van der Waals surface area contributed by atoms with Gasteiger partial charge in [-0.1, -0.05) is 81.1 Å². The number of carbonyl (C=O) groups is 2. The van der Waals surface area contributed by atoms with Crippen LogP contribution in [0.15, 0.2) is 49.1 Å². The van der Waals surface area contributed by atoms with Crippen molar-refractivity contribution in [2.24, 2.45) is 0 Å². The molecule has 0 saturated carbocycles. The summed E-state index contributed by atoms with van der Waals surface area (Å²) in [4.78, 5) is 25.0. The highest BCUT2D eigenvalue weighted by Crippen LogP contribution is 2.22. The van der Waals surface area contributed by atoms with Crippen LogP contribution in [0, 0.1) is 0 Å². The van der Waals surface area contributed by atoms with Gasteiger partial charge in [-0.15, -0.1) is 6.58 Å². The van der Waals surface area contributed by atoms with Crippen LogP contribution in [0.2, 0.25) is 0 Å². The number of hydrogen-bond donors (Lipinski definition) is 4. The molecule has 0 radical (unpaired) electrons. The zero-order chi connectivity index (χ0) is 33.8.